The molecule has 100 valence electrons. The van der Waals surface area contributed by atoms with Gasteiger partial charge in [-0.1, -0.05) is 20.8 Å². The van der Waals surface area contributed by atoms with Crippen LogP contribution >= 0.6 is 0 Å². The molecule has 0 amide bonds. The molecule has 0 aliphatic carbocycles. The third-order valence-electron chi connectivity index (χ3n) is 2.61. The molecule has 0 aliphatic rings. The number of anilines is 1. The van der Waals surface area contributed by atoms with Gasteiger partial charge in [0.15, 0.2) is 0 Å². The average Bonchev–Trinajstić information content (AvgIpc) is 2.25. The highest BCUT2D eigenvalue weighted by atomic mass is 32.2. The molecule has 0 atom stereocenters. The minimum absolute atomic E-state index is 0.141. The number of hydrogen-bond donors (Lipinski definition) is 2. The van der Waals surface area contributed by atoms with Crippen molar-refractivity contribution in [1.29, 1.82) is 0 Å². The average molecular weight is 269 g/mol. The van der Waals surface area contributed by atoms with Crippen molar-refractivity contribution in [3.63, 3.8) is 0 Å². The van der Waals surface area contributed by atoms with E-state index in [9.17, 15) is 8.42 Å². The molecule has 3 N–H and O–H groups in total. The summed E-state index contributed by atoms with van der Waals surface area (Å²) in [4.78, 5) is 2.36. The molecule has 1 rings (SSSR count). The molecule has 5 nitrogen and oxygen atoms in total. The number of rotatable bonds is 3. The second-order valence-electron chi connectivity index (χ2n) is 5.11. The van der Waals surface area contributed by atoms with Crippen LogP contribution in [0.5, 0.6) is 0 Å². The van der Waals surface area contributed by atoms with Gasteiger partial charge in [0.1, 0.15) is 0 Å². The van der Waals surface area contributed by atoms with Crippen LogP contribution < -0.4 is 10.6 Å². The summed E-state index contributed by atoms with van der Waals surface area (Å²) in [5.74, 6) is 0. The molecule has 0 fully saturated rings. The first-order valence-electron chi connectivity index (χ1n) is 5.55. The van der Waals surface area contributed by atoms with Crippen LogP contribution in [0.2, 0.25) is 0 Å². The van der Waals surface area contributed by atoms with E-state index in [2.05, 4.69) is 9.93 Å². The predicted octanol–water partition coefficient (Wildman–Crippen LogP) is 1.97. The van der Waals surface area contributed by atoms with Crippen molar-refractivity contribution in [3.05, 3.63) is 24.3 Å². The Labute approximate surface area is 108 Å². The molecule has 0 radical (unpaired) electrons. The topological polar surface area (TPSA) is 84.5 Å². The molecule has 0 aromatic heterocycles. The van der Waals surface area contributed by atoms with Crippen LogP contribution in [0, 0.1) is 5.41 Å². The van der Waals surface area contributed by atoms with Gasteiger partial charge >= 0.3 is 0 Å². The highest BCUT2D eigenvalue weighted by Gasteiger charge is 2.17. The molecule has 0 aliphatic heterocycles. The van der Waals surface area contributed by atoms with E-state index in [1.165, 1.54) is 24.3 Å². The van der Waals surface area contributed by atoms with Crippen LogP contribution in [-0.4, -0.2) is 14.1 Å². The van der Waals surface area contributed by atoms with Crippen molar-refractivity contribution < 1.29 is 8.42 Å². The Morgan fingerprint density at radius 3 is 2.17 bits per heavy atom. The van der Waals surface area contributed by atoms with Crippen LogP contribution in [0.3, 0.4) is 0 Å². The molecule has 0 saturated carbocycles. The predicted molar refractivity (Wildman–Crippen MR) is 73.7 cm³/mol. The molecule has 0 unspecified atom stereocenters. The van der Waals surface area contributed by atoms with Crippen LogP contribution in [0.4, 0.5) is 5.69 Å². The lowest BCUT2D eigenvalue weighted by Crippen LogP contribution is -2.24. The first kappa shape index (κ1) is 14.5. The molecule has 6 heteroatoms. The van der Waals surface area contributed by atoms with Crippen molar-refractivity contribution in [1.82, 2.24) is 4.83 Å². The normalized spacial score (nSPS) is 13.4. The minimum Gasteiger partial charge on any atom is -0.399 e. The van der Waals surface area contributed by atoms with Crippen LogP contribution in [0.25, 0.3) is 0 Å². The minimum atomic E-state index is -3.63. The van der Waals surface area contributed by atoms with E-state index in [0.29, 0.717) is 11.4 Å². The molecule has 0 bridgehead atoms. The van der Waals surface area contributed by atoms with Gasteiger partial charge in [0.2, 0.25) is 0 Å². The Morgan fingerprint density at radius 1 is 1.22 bits per heavy atom. The van der Waals surface area contributed by atoms with Gasteiger partial charge in [0.05, 0.1) is 4.90 Å². The number of nitrogen functional groups attached to an aromatic ring is 1. The maximum atomic E-state index is 11.9. The van der Waals surface area contributed by atoms with Gasteiger partial charge in [-0.3, -0.25) is 0 Å². The van der Waals surface area contributed by atoms with Gasteiger partial charge < -0.3 is 5.73 Å². The second-order valence-corrected chi connectivity index (χ2v) is 6.77. The highest BCUT2D eigenvalue weighted by molar-refractivity contribution is 7.89. The van der Waals surface area contributed by atoms with E-state index in [0.717, 1.165) is 0 Å². The molecule has 0 heterocycles. The lowest BCUT2D eigenvalue weighted by Gasteiger charge is -2.17. The molecule has 0 spiro atoms. The maximum Gasteiger partial charge on any atom is 0.276 e. The van der Waals surface area contributed by atoms with Crippen molar-refractivity contribution in [2.24, 2.45) is 10.5 Å². The number of hydrogen-bond acceptors (Lipinski definition) is 4. The van der Waals surface area contributed by atoms with Crippen molar-refractivity contribution in [3.8, 4) is 0 Å². The van der Waals surface area contributed by atoms with Crippen molar-refractivity contribution in [2.75, 3.05) is 5.73 Å². The number of sulfonamides is 1. The van der Waals surface area contributed by atoms with E-state index >= 15 is 0 Å². The Morgan fingerprint density at radius 2 is 1.72 bits per heavy atom. The maximum absolute atomic E-state index is 11.9. The lowest BCUT2D eigenvalue weighted by molar-refractivity contribution is 0.571. The van der Waals surface area contributed by atoms with Crippen LogP contribution in [-0.2, 0) is 10.0 Å². The fourth-order valence-corrected chi connectivity index (χ4v) is 1.85. The van der Waals surface area contributed by atoms with E-state index in [-0.39, 0.29) is 10.3 Å². The summed E-state index contributed by atoms with van der Waals surface area (Å²) >= 11 is 0. The van der Waals surface area contributed by atoms with Gasteiger partial charge in [-0.05, 0) is 31.2 Å². The summed E-state index contributed by atoms with van der Waals surface area (Å²) in [5.41, 5.74) is 6.56. The van der Waals surface area contributed by atoms with E-state index in [1.54, 1.807) is 6.92 Å². The zero-order valence-electron chi connectivity index (χ0n) is 11.1. The van der Waals surface area contributed by atoms with Gasteiger partial charge in [-0.25, -0.2) is 4.83 Å². The Balaban J connectivity index is 2.94. The third-order valence-corrected chi connectivity index (χ3v) is 3.83. The summed E-state index contributed by atoms with van der Waals surface area (Å²) in [6.07, 6.45) is 0. The molecular weight excluding hydrogens is 250 g/mol. The van der Waals surface area contributed by atoms with Crippen LogP contribution in [0.15, 0.2) is 34.3 Å². The van der Waals surface area contributed by atoms with Gasteiger partial charge in [-0.15, -0.1) is 0 Å². The molecule has 1 aromatic carbocycles. The third kappa shape index (κ3) is 3.73. The van der Waals surface area contributed by atoms with Crippen molar-refractivity contribution in [2.45, 2.75) is 32.6 Å². The fourth-order valence-electron chi connectivity index (χ4n) is 0.996. The zero-order chi connectivity index (χ0) is 14.0. The van der Waals surface area contributed by atoms with E-state index in [4.69, 9.17) is 5.73 Å². The van der Waals surface area contributed by atoms with Gasteiger partial charge in [-0.2, -0.15) is 13.5 Å². The van der Waals surface area contributed by atoms with Crippen molar-refractivity contribution >= 4 is 21.4 Å². The second kappa shape index (κ2) is 4.97. The number of hydrazone groups is 1. The number of nitrogens with one attached hydrogen (secondary N) is 1. The van der Waals surface area contributed by atoms with E-state index < -0.39 is 10.0 Å². The lowest BCUT2D eigenvalue weighted by atomic mass is 9.91. The number of nitrogens with zero attached hydrogens (tertiary/aromatic N) is 1. The summed E-state index contributed by atoms with van der Waals surface area (Å²) in [7, 11) is -3.63. The summed E-state index contributed by atoms with van der Waals surface area (Å²) in [5, 5.41) is 3.91. The Hall–Kier alpha value is -1.56. The monoisotopic (exact) mass is 269 g/mol. The Bertz CT molecular complexity index is 540. The standard InChI is InChI=1S/C12H19N3O2S/c1-9(12(2,3)4)14-15-18(16,17)11-7-5-10(13)6-8-11/h5-8,15H,13H2,1-4H3/b14-9-. The SMILES string of the molecule is C/C(=N/NS(=O)(=O)c1ccc(N)cc1)C(C)(C)C. The summed E-state index contributed by atoms with van der Waals surface area (Å²) < 4.78 is 23.8. The molecule has 1 aromatic rings. The zero-order valence-corrected chi connectivity index (χ0v) is 11.9. The Kier molecular flexibility index (Phi) is 4.01. The number of benzene rings is 1. The van der Waals surface area contributed by atoms with E-state index in [1.807, 2.05) is 20.8 Å². The quantitative estimate of drug-likeness (QED) is 0.500. The molecular formula is C12H19N3O2S. The summed E-state index contributed by atoms with van der Waals surface area (Å²) in [6.45, 7) is 7.67. The smallest absolute Gasteiger partial charge is 0.276 e. The first-order valence-corrected chi connectivity index (χ1v) is 7.03. The largest absolute Gasteiger partial charge is 0.399 e. The number of nitrogens with two attached hydrogens (primary N) is 1. The molecule has 0 saturated heterocycles. The first-order chi connectivity index (χ1) is 8.13. The molecule has 18 heavy (non-hydrogen) atoms. The highest BCUT2D eigenvalue weighted by Crippen LogP contribution is 2.16. The van der Waals surface area contributed by atoms with Crippen LogP contribution in [0.1, 0.15) is 27.7 Å². The van der Waals surface area contributed by atoms with Gasteiger partial charge in [0, 0.05) is 16.8 Å². The fraction of sp³-hybridized carbons (Fsp3) is 0.417. The van der Waals surface area contributed by atoms with Gasteiger partial charge in [0.25, 0.3) is 10.0 Å². The summed E-state index contributed by atoms with van der Waals surface area (Å²) in [6, 6.07) is 5.96.